The maximum absolute atomic E-state index is 6.32. The van der Waals surface area contributed by atoms with E-state index in [0.29, 0.717) is 0 Å². The van der Waals surface area contributed by atoms with E-state index in [9.17, 15) is 0 Å². The zero-order valence-electron chi connectivity index (χ0n) is 17.5. The van der Waals surface area contributed by atoms with E-state index in [-0.39, 0.29) is 0 Å². The molecule has 5 nitrogen and oxygen atoms in total. The van der Waals surface area contributed by atoms with Gasteiger partial charge in [0.25, 0.3) is 0 Å². The number of para-hydroxylation sites is 3. The number of furan rings is 2. The van der Waals surface area contributed by atoms with Crippen molar-refractivity contribution in [3.63, 3.8) is 0 Å². The zero-order chi connectivity index (χ0) is 21.8. The fourth-order valence-corrected chi connectivity index (χ4v) is 4.46. The number of aromatic nitrogens is 2. The van der Waals surface area contributed by atoms with E-state index >= 15 is 0 Å². The van der Waals surface area contributed by atoms with Crippen LogP contribution in [0.3, 0.4) is 0 Å². The molecule has 0 saturated heterocycles. The minimum atomic E-state index is 0.757. The molecule has 7 rings (SSSR count). The molecule has 0 saturated carbocycles. The molecule has 4 heterocycles. The SMILES string of the molecule is c1ccc(N(c2ccc3oc4ccccc4c3n2)c2cncc3c2oc2ccccc23)cc1. The van der Waals surface area contributed by atoms with Gasteiger partial charge in [0, 0.05) is 28.0 Å². The zero-order valence-corrected chi connectivity index (χ0v) is 17.5. The van der Waals surface area contributed by atoms with Gasteiger partial charge < -0.3 is 8.83 Å². The van der Waals surface area contributed by atoms with Crippen molar-refractivity contribution in [3.8, 4) is 0 Å². The van der Waals surface area contributed by atoms with Gasteiger partial charge in [-0.15, -0.1) is 0 Å². The number of rotatable bonds is 3. The van der Waals surface area contributed by atoms with Gasteiger partial charge in [0.05, 0.1) is 6.20 Å². The predicted molar refractivity (Wildman–Crippen MR) is 131 cm³/mol. The van der Waals surface area contributed by atoms with E-state index in [2.05, 4.69) is 28.1 Å². The fourth-order valence-electron chi connectivity index (χ4n) is 4.46. The Kier molecular flexibility index (Phi) is 3.78. The average Bonchev–Trinajstić information content (AvgIpc) is 3.44. The quantitative estimate of drug-likeness (QED) is 0.289. The molecule has 7 aromatic rings. The van der Waals surface area contributed by atoms with Gasteiger partial charge in [-0.3, -0.25) is 9.88 Å². The van der Waals surface area contributed by atoms with E-state index in [1.807, 2.05) is 85.2 Å². The molecule has 0 bridgehead atoms. The van der Waals surface area contributed by atoms with Crippen molar-refractivity contribution >= 4 is 61.2 Å². The summed E-state index contributed by atoms with van der Waals surface area (Å²) in [5.74, 6) is 0.759. The van der Waals surface area contributed by atoms with Crippen LogP contribution in [0.15, 0.2) is 112 Å². The Morgan fingerprint density at radius 3 is 2.15 bits per heavy atom. The highest BCUT2D eigenvalue weighted by atomic mass is 16.3. The molecular weight excluding hydrogens is 410 g/mol. The summed E-state index contributed by atoms with van der Waals surface area (Å²) < 4.78 is 12.3. The lowest BCUT2D eigenvalue weighted by Gasteiger charge is -2.23. The van der Waals surface area contributed by atoms with Crippen molar-refractivity contribution in [2.75, 3.05) is 4.90 Å². The molecule has 5 heteroatoms. The highest BCUT2D eigenvalue weighted by molar-refractivity contribution is 6.10. The van der Waals surface area contributed by atoms with Crippen molar-refractivity contribution < 1.29 is 8.83 Å². The molecular formula is C28H17N3O2. The van der Waals surface area contributed by atoms with Crippen LogP contribution in [0.25, 0.3) is 44.0 Å². The van der Waals surface area contributed by atoms with Gasteiger partial charge in [-0.1, -0.05) is 48.5 Å². The Morgan fingerprint density at radius 1 is 0.576 bits per heavy atom. The van der Waals surface area contributed by atoms with Gasteiger partial charge in [-0.25, -0.2) is 4.98 Å². The molecule has 156 valence electrons. The summed E-state index contributed by atoms with van der Waals surface area (Å²) >= 11 is 0. The van der Waals surface area contributed by atoms with Gasteiger partial charge in [0.1, 0.15) is 28.2 Å². The van der Waals surface area contributed by atoms with Crippen molar-refractivity contribution in [2.45, 2.75) is 0 Å². The summed E-state index contributed by atoms with van der Waals surface area (Å²) in [6.07, 6.45) is 3.69. The standard InChI is InChI=1S/C28H17N3O2/c1-2-8-18(9-3-1)31(22-17-29-16-21-19-10-4-6-12-23(19)33-28(21)22)26-15-14-25-27(30-26)20-11-5-7-13-24(20)32-25/h1-17H. The number of hydrogen-bond acceptors (Lipinski definition) is 5. The van der Waals surface area contributed by atoms with Crippen molar-refractivity contribution in [1.82, 2.24) is 9.97 Å². The van der Waals surface area contributed by atoms with Crippen LogP contribution >= 0.6 is 0 Å². The molecule has 4 aromatic heterocycles. The number of anilines is 3. The molecule has 0 radical (unpaired) electrons. The van der Waals surface area contributed by atoms with Crippen molar-refractivity contribution in [1.29, 1.82) is 0 Å². The van der Waals surface area contributed by atoms with E-state index < -0.39 is 0 Å². The summed E-state index contributed by atoms with van der Waals surface area (Å²) in [5, 5.41) is 3.00. The minimum absolute atomic E-state index is 0.757. The second kappa shape index (κ2) is 6.93. The molecule has 0 aliphatic carbocycles. The summed E-state index contributed by atoms with van der Waals surface area (Å²) in [6, 6.07) is 30.1. The van der Waals surface area contributed by atoms with Crippen LogP contribution in [0.2, 0.25) is 0 Å². The minimum Gasteiger partial charge on any atom is -0.454 e. The molecule has 0 N–H and O–H groups in total. The number of fused-ring (bicyclic) bond motifs is 6. The van der Waals surface area contributed by atoms with Gasteiger partial charge in [-0.05, 0) is 42.5 Å². The molecule has 0 unspecified atom stereocenters. The Hall–Kier alpha value is -4.64. The van der Waals surface area contributed by atoms with Crippen LogP contribution < -0.4 is 4.90 Å². The molecule has 0 aliphatic rings. The van der Waals surface area contributed by atoms with Crippen molar-refractivity contribution in [3.05, 3.63) is 103 Å². The van der Waals surface area contributed by atoms with Crippen LogP contribution in [-0.4, -0.2) is 9.97 Å². The topological polar surface area (TPSA) is 55.3 Å². The fraction of sp³-hybridized carbons (Fsp3) is 0. The van der Waals surface area contributed by atoms with Crippen LogP contribution in [-0.2, 0) is 0 Å². The van der Waals surface area contributed by atoms with Gasteiger partial charge in [0.15, 0.2) is 11.2 Å². The maximum atomic E-state index is 6.32. The smallest absolute Gasteiger partial charge is 0.162 e. The second-order valence-electron chi connectivity index (χ2n) is 7.92. The highest BCUT2D eigenvalue weighted by Gasteiger charge is 2.21. The molecule has 0 amide bonds. The van der Waals surface area contributed by atoms with Crippen LogP contribution in [0.5, 0.6) is 0 Å². The number of hydrogen-bond donors (Lipinski definition) is 0. The summed E-state index contributed by atoms with van der Waals surface area (Å²) in [7, 11) is 0. The van der Waals surface area contributed by atoms with Gasteiger partial charge in [-0.2, -0.15) is 0 Å². The molecule has 0 atom stereocenters. The highest BCUT2D eigenvalue weighted by Crippen LogP contribution is 2.41. The van der Waals surface area contributed by atoms with E-state index in [0.717, 1.165) is 61.2 Å². The third-order valence-corrected chi connectivity index (χ3v) is 5.96. The van der Waals surface area contributed by atoms with Gasteiger partial charge in [0.2, 0.25) is 0 Å². The Balaban J connectivity index is 1.53. The third kappa shape index (κ3) is 2.72. The second-order valence-corrected chi connectivity index (χ2v) is 7.92. The normalized spacial score (nSPS) is 11.6. The van der Waals surface area contributed by atoms with E-state index in [4.69, 9.17) is 13.8 Å². The first-order valence-electron chi connectivity index (χ1n) is 10.8. The average molecular weight is 427 g/mol. The van der Waals surface area contributed by atoms with Crippen molar-refractivity contribution in [2.24, 2.45) is 0 Å². The largest absolute Gasteiger partial charge is 0.454 e. The first-order valence-corrected chi connectivity index (χ1v) is 10.8. The summed E-state index contributed by atoms with van der Waals surface area (Å²) in [5.41, 5.74) is 5.81. The van der Waals surface area contributed by atoms with Crippen LogP contribution in [0.4, 0.5) is 17.2 Å². The lowest BCUT2D eigenvalue weighted by molar-refractivity contribution is 0.668. The Bertz CT molecular complexity index is 1780. The van der Waals surface area contributed by atoms with E-state index in [1.54, 1.807) is 0 Å². The molecule has 3 aromatic carbocycles. The molecule has 33 heavy (non-hydrogen) atoms. The monoisotopic (exact) mass is 427 g/mol. The van der Waals surface area contributed by atoms with Crippen LogP contribution in [0.1, 0.15) is 0 Å². The van der Waals surface area contributed by atoms with E-state index in [1.165, 1.54) is 0 Å². The lowest BCUT2D eigenvalue weighted by atomic mass is 10.1. The first kappa shape index (κ1) is 18.0. The Labute approximate surface area is 188 Å². The molecule has 0 aliphatic heterocycles. The number of benzene rings is 3. The first-order chi connectivity index (χ1) is 16.4. The number of nitrogens with zero attached hydrogens (tertiary/aromatic N) is 3. The summed E-state index contributed by atoms with van der Waals surface area (Å²) in [4.78, 5) is 11.7. The lowest BCUT2D eigenvalue weighted by Crippen LogP contribution is -2.12. The van der Waals surface area contributed by atoms with Crippen LogP contribution in [0, 0.1) is 0 Å². The van der Waals surface area contributed by atoms with Gasteiger partial charge >= 0.3 is 0 Å². The molecule has 0 fully saturated rings. The Morgan fingerprint density at radius 2 is 1.30 bits per heavy atom. The third-order valence-electron chi connectivity index (χ3n) is 5.96. The maximum Gasteiger partial charge on any atom is 0.162 e. The summed E-state index contributed by atoms with van der Waals surface area (Å²) in [6.45, 7) is 0. The number of pyridine rings is 2. The molecule has 0 spiro atoms. The predicted octanol–water partition coefficient (Wildman–Crippen LogP) is 7.75.